The van der Waals surface area contributed by atoms with Crippen molar-refractivity contribution >= 4 is 23.1 Å². The monoisotopic (exact) mass is 282 g/mol. The number of thioether (sulfide) groups is 1. The van der Waals surface area contributed by atoms with Gasteiger partial charge in [0.1, 0.15) is 0 Å². The van der Waals surface area contributed by atoms with E-state index in [1.807, 2.05) is 0 Å². The second-order valence-electron chi connectivity index (χ2n) is 3.40. The molecule has 0 radical (unpaired) electrons. The second-order valence-corrected chi connectivity index (χ2v) is 4.40. The highest BCUT2D eigenvalue weighted by Gasteiger charge is 2.16. The number of hydrogen-bond donors (Lipinski definition) is 0. The van der Waals surface area contributed by atoms with E-state index in [9.17, 15) is 20.2 Å². The first kappa shape index (κ1) is 13.0. The molecular weight excluding hydrogens is 276 g/mol. The lowest BCUT2D eigenvalue weighted by Crippen LogP contribution is -1.95. The summed E-state index contributed by atoms with van der Waals surface area (Å²) >= 11 is 1.21. The van der Waals surface area contributed by atoms with Gasteiger partial charge in [0.05, 0.1) is 15.9 Å². The molecule has 0 amide bonds. The summed E-state index contributed by atoms with van der Waals surface area (Å²) in [5.74, 6) is 0.288. The molecule has 0 atom stereocenters. The van der Waals surface area contributed by atoms with Gasteiger partial charge >= 0.3 is 0 Å². The average molecular weight is 282 g/mol. The molecule has 1 heterocycles. The van der Waals surface area contributed by atoms with E-state index >= 15 is 0 Å². The molecule has 0 aliphatic carbocycles. The Morgan fingerprint density at radius 3 is 2.26 bits per heavy atom. The van der Waals surface area contributed by atoms with Crippen molar-refractivity contribution in [3.05, 3.63) is 50.3 Å². The second kappa shape index (κ2) is 5.44. The van der Waals surface area contributed by atoms with Crippen LogP contribution in [0.2, 0.25) is 0 Å². The maximum absolute atomic E-state index is 10.7. The Labute approximate surface area is 109 Å². The number of hydrogen-bond acceptors (Lipinski definition) is 8. The summed E-state index contributed by atoms with van der Waals surface area (Å²) in [4.78, 5) is 20.1. The number of rotatable bonds is 5. The molecule has 0 bridgehead atoms. The zero-order valence-corrected chi connectivity index (χ0v) is 10.1. The van der Waals surface area contributed by atoms with Crippen molar-refractivity contribution in [2.45, 2.75) is 10.8 Å². The highest BCUT2D eigenvalue weighted by molar-refractivity contribution is 7.98. The minimum atomic E-state index is -0.668. The van der Waals surface area contributed by atoms with Crippen LogP contribution in [0.3, 0.4) is 0 Å². The van der Waals surface area contributed by atoms with Gasteiger partial charge in [-0.25, -0.2) is 0 Å². The minimum Gasteiger partial charge on any atom is -0.344 e. The van der Waals surface area contributed by atoms with Crippen LogP contribution in [0, 0.1) is 20.2 Å². The van der Waals surface area contributed by atoms with E-state index in [0.29, 0.717) is 10.6 Å². The van der Waals surface area contributed by atoms with Crippen LogP contribution < -0.4 is 0 Å². The molecule has 0 unspecified atom stereocenters. The quantitative estimate of drug-likeness (QED) is 0.464. The third-order valence-corrected chi connectivity index (χ3v) is 3.06. The summed E-state index contributed by atoms with van der Waals surface area (Å²) in [5, 5.41) is 28.8. The Balaban J connectivity index is 2.23. The third kappa shape index (κ3) is 3.25. The number of nitrogens with zero attached hydrogens (tertiary/aromatic N) is 4. The van der Waals surface area contributed by atoms with Crippen LogP contribution in [-0.4, -0.2) is 20.2 Å². The van der Waals surface area contributed by atoms with Crippen molar-refractivity contribution < 1.29 is 14.4 Å². The van der Waals surface area contributed by atoms with Crippen molar-refractivity contribution in [1.29, 1.82) is 0 Å². The Morgan fingerprint density at radius 1 is 1.16 bits per heavy atom. The number of non-ortho nitro benzene ring substituents is 2. The predicted molar refractivity (Wildman–Crippen MR) is 63.6 cm³/mol. The van der Waals surface area contributed by atoms with Crippen molar-refractivity contribution in [3.8, 4) is 0 Å². The fourth-order valence-corrected chi connectivity index (χ4v) is 2.01. The largest absolute Gasteiger partial charge is 0.344 e. The first-order chi connectivity index (χ1) is 9.06. The molecular formula is C9H6N4O5S. The van der Waals surface area contributed by atoms with Gasteiger partial charge in [-0.15, -0.1) is 5.10 Å². The molecule has 9 nitrogen and oxygen atoms in total. The van der Waals surface area contributed by atoms with Crippen molar-refractivity contribution in [3.63, 3.8) is 0 Å². The fourth-order valence-electron chi connectivity index (χ4n) is 1.33. The third-order valence-electron chi connectivity index (χ3n) is 2.11. The number of nitro benzene ring substituents is 2. The average Bonchev–Trinajstić information content (AvgIpc) is 2.89. The number of aromatic nitrogens is 2. The smallest absolute Gasteiger partial charge is 0.276 e. The van der Waals surface area contributed by atoms with Gasteiger partial charge in [0.2, 0.25) is 0 Å². The molecule has 0 aliphatic heterocycles. The van der Waals surface area contributed by atoms with E-state index in [1.54, 1.807) is 0 Å². The van der Waals surface area contributed by atoms with Crippen molar-refractivity contribution in [2.75, 3.05) is 0 Å². The van der Waals surface area contributed by atoms with Gasteiger partial charge in [-0.3, -0.25) is 20.2 Å². The lowest BCUT2D eigenvalue weighted by atomic mass is 10.2. The first-order valence-electron chi connectivity index (χ1n) is 4.89. The molecule has 0 N–H and O–H groups in total. The van der Waals surface area contributed by atoms with Crippen LogP contribution in [0.1, 0.15) is 5.56 Å². The maximum atomic E-state index is 10.7. The Kier molecular flexibility index (Phi) is 3.71. The molecule has 0 saturated heterocycles. The van der Waals surface area contributed by atoms with E-state index in [0.717, 1.165) is 6.07 Å². The number of nitro groups is 2. The summed E-state index contributed by atoms with van der Waals surface area (Å²) in [7, 11) is 0. The van der Waals surface area contributed by atoms with E-state index in [2.05, 4.69) is 14.9 Å². The molecule has 0 aliphatic rings. The van der Waals surface area contributed by atoms with Gasteiger partial charge in [0.25, 0.3) is 11.4 Å². The van der Waals surface area contributed by atoms with Crippen LogP contribution in [0.5, 0.6) is 0 Å². The molecule has 10 heteroatoms. The normalized spacial score (nSPS) is 10.3. The summed E-state index contributed by atoms with van der Waals surface area (Å²) in [5.41, 5.74) is -0.181. The number of benzene rings is 1. The Bertz CT molecular complexity index is 583. The Hall–Kier alpha value is -2.49. The minimum absolute atomic E-state index is 0.288. The van der Waals surface area contributed by atoms with Gasteiger partial charge in [-0.1, -0.05) is 11.8 Å². The summed E-state index contributed by atoms with van der Waals surface area (Å²) < 4.78 is 4.53. The van der Waals surface area contributed by atoms with E-state index in [4.69, 9.17) is 0 Å². The highest BCUT2D eigenvalue weighted by atomic mass is 32.2. The predicted octanol–water partition coefficient (Wildman–Crippen LogP) is 2.18. The van der Waals surface area contributed by atoms with Crippen LogP contribution in [-0.2, 0) is 5.75 Å². The summed E-state index contributed by atoms with van der Waals surface area (Å²) in [6, 6.07) is 3.49. The first-order valence-corrected chi connectivity index (χ1v) is 5.87. The molecule has 0 fully saturated rings. The SMILES string of the molecule is O=[N+]([O-])c1cc(CSc2conn2)cc([N+](=O)[O-])c1. The summed E-state index contributed by atoms with van der Waals surface area (Å²) in [6.07, 6.45) is 1.32. The van der Waals surface area contributed by atoms with Gasteiger partial charge in [-0.05, 0) is 5.56 Å². The molecule has 1 aromatic carbocycles. The van der Waals surface area contributed by atoms with E-state index in [1.165, 1.54) is 30.2 Å². The zero-order chi connectivity index (χ0) is 13.8. The van der Waals surface area contributed by atoms with Gasteiger partial charge in [0, 0.05) is 23.2 Å². The van der Waals surface area contributed by atoms with Crippen molar-refractivity contribution in [2.24, 2.45) is 0 Å². The highest BCUT2D eigenvalue weighted by Crippen LogP contribution is 2.27. The molecule has 0 saturated carbocycles. The van der Waals surface area contributed by atoms with Crippen LogP contribution in [0.25, 0.3) is 0 Å². The van der Waals surface area contributed by atoms with Crippen LogP contribution in [0.15, 0.2) is 34.0 Å². The molecule has 19 heavy (non-hydrogen) atoms. The van der Waals surface area contributed by atoms with Crippen LogP contribution in [0.4, 0.5) is 11.4 Å². The molecule has 0 spiro atoms. The Morgan fingerprint density at radius 2 is 1.79 bits per heavy atom. The van der Waals surface area contributed by atoms with Gasteiger partial charge in [-0.2, -0.15) is 0 Å². The lowest BCUT2D eigenvalue weighted by Gasteiger charge is -2.00. The molecule has 1 aromatic heterocycles. The standard InChI is InChI=1S/C9H6N4O5S/c14-12(15)7-1-6(2-8(3-7)13(16)17)5-19-9-4-18-11-10-9/h1-4H,5H2. The van der Waals surface area contributed by atoms with Gasteiger partial charge < -0.3 is 4.52 Å². The van der Waals surface area contributed by atoms with Gasteiger partial charge in [0.15, 0.2) is 11.3 Å². The fraction of sp³-hybridized carbons (Fsp3) is 0.111. The summed E-state index contributed by atoms with van der Waals surface area (Å²) in [6.45, 7) is 0. The maximum Gasteiger partial charge on any atom is 0.276 e. The van der Waals surface area contributed by atoms with E-state index < -0.39 is 9.85 Å². The topological polar surface area (TPSA) is 125 Å². The van der Waals surface area contributed by atoms with Crippen LogP contribution >= 0.6 is 11.8 Å². The zero-order valence-electron chi connectivity index (χ0n) is 9.25. The molecule has 2 rings (SSSR count). The molecule has 98 valence electrons. The van der Waals surface area contributed by atoms with E-state index in [-0.39, 0.29) is 17.1 Å². The molecule has 2 aromatic rings. The van der Waals surface area contributed by atoms with Crippen molar-refractivity contribution in [1.82, 2.24) is 10.4 Å². The lowest BCUT2D eigenvalue weighted by molar-refractivity contribution is -0.394.